The summed E-state index contributed by atoms with van der Waals surface area (Å²) in [5.74, 6) is -2.20. The van der Waals surface area contributed by atoms with E-state index in [0.717, 1.165) is 0 Å². The zero-order valence-corrected chi connectivity index (χ0v) is 10.7. The second kappa shape index (κ2) is 5.79. The van der Waals surface area contributed by atoms with E-state index in [9.17, 15) is 9.90 Å². The summed E-state index contributed by atoms with van der Waals surface area (Å²) in [7, 11) is 2.72. The summed E-state index contributed by atoms with van der Waals surface area (Å²) in [5, 5.41) is 18.7. The van der Waals surface area contributed by atoms with Gasteiger partial charge in [0.15, 0.2) is 11.5 Å². The standard InChI is InChI=1S/C11H14ClNO5/c1-17-7-3-6(14)9(12)8(10(7)18-2)5(4-13)11(15)16/h3,5,14H,4,13H2,1-2H3,(H,15,16). The molecule has 1 aromatic carbocycles. The van der Waals surface area contributed by atoms with E-state index in [1.807, 2.05) is 0 Å². The number of aliphatic carboxylic acids is 1. The van der Waals surface area contributed by atoms with E-state index in [2.05, 4.69) is 0 Å². The van der Waals surface area contributed by atoms with Crippen LogP contribution in [0.5, 0.6) is 17.2 Å². The Hall–Kier alpha value is -1.66. The molecule has 0 amide bonds. The van der Waals surface area contributed by atoms with Gasteiger partial charge in [-0.3, -0.25) is 4.79 Å². The summed E-state index contributed by atoms with van der Waals surface area (Å²) < 4.78 is 10.1. The molecule has 0 radical (unpaired) electrons. The van der Waals surface area contributed by atoms with Crippen molar-refractivity contribution in [2.75, 3.05) is 20.8 Å². The van der Waals surface area contributed by atoms with E-state index >= 15 is 0 Å². The van der Waals surface area contributed by atoms with Crippen LogP contribution in [-0.2, 0) is 4.79 Å². The van der Waals surface area contributed by atoms with Crippen molar-refractivity contribution in [2.45, 2.75) is 5.92 Å². The molecule has 0 aliphatic rings. The molecule has 0 aromatic heterocycles. The minimum atomic E-state index is -1.16. The molecule has 0 fully saturated rings. The molecule has 1 rings (SSSR count). The van der Waals surface area contributed by atoms with Crippen LogP contribution in [0.25, 0.3) is 0 Å². The summed E-state index contributed by atoms with van der Waals surface area (Å²) in [6.45, 7) is -0.183. The number of hydrogen-bond donors (Lipinski definition) is 3. The summed E-state index contributed by atoms with van der Waals surface area (Å²) in [6.07, 6.45) is 0. The van der Waals surface area contributed by atoms with Gasteiger partial charge in [-0.1, -0.05) is 11.6 Å². The number of benzene rings is 1. The second-order valence-electron chi connectivity index (χ2n) is 3.49. The first kappa shape index (κ1) is 14.4. The first-order valence-corrected chi connectivity index (χ1v) is 5.41. The van der Waals surface area contributed by atoms with Crippen molar-refractivity contribution in [3.05, 3.63) is 16.7 Å². The Morgan fingerprint density at radius 2 is 2.11 bits per heavy atom. The van der Waals surface area contributed by atoms with E-state index in [1.165, 1.54) is 20.3 Å². The van der Waals surface area contributed by atoms with Crippen molar-refractivity contribution in [3.8, 4) is 17.2 Å². The van der Waals surface area contributed by atoms with E-state index in [-0.39, 0.29) is 34.4 Å². The Kier molecular flexibility index (Phi) is 4.63. The Balaban J connectivity index is 3.57. The van der Waals surface area contributed by atoms with Gasteiger partial charge in [0.25, 0.3) is 0 Å². The molecule has 4 N–H and O–H groups in total. The molecule has 1 atom stereocenters. The Labute approximate surface area is 109 Å². The maximum absolute atomic E-state index is 11.1. The minimum absolute atomic E-state index is 0.103. The van der Waals surface area contributed by atoms with Crippen LogP contribution in [0.3, 0.4) is 0 Å². The number of phenols is 1. The maximum atomic E-state index is 11.1. The fraction of sp³-hybridized carbons (Fsp3) is 0.364. The molecule has 6 nitrogen and oxygen atoms in total. The molecule has 0 saturated carbocycles. The first-order valence-electron chi connectivity index (χ1n) is 5.04. The number of phenolic OH excluding ortho intramolecular Hbond substituents is 1. The third-order valence-corrected chi connectivity index (χ3v) is 2.90. The Morgan fingerprint density at radius 3 is 2.50 bits per heavy atom. The zero-order valence-electron chi connectivity index (χ0n) is 9.94. The quantitative estimate of drug-likeness (QED) is 0.746. The average Bonchev–Trinajstić information content (AvgIpc) is 2.34. The van der Waals surface area contributed by atoms with Crippen molar-refractivity contribution in [1.82, 2.24) is 0 Å². The van der Waals surface area contributed by atoms with Crippen LogP contribution in [0, 0.1) is 0 Å². The summed E-state index contributed by atoms with van der Waals surface area (Å²) in [4.78, 5) is 11.1. The number of methoxy groups -OCH3 is 2. The van der Waals surface area contributed by atoms with Crippen molar-refractivity contribution >= 4 is 17.6 Å². The van der Waals surface area contributed by atoms with Gasteiger partial charge in [0.05, 0.1) is 25.2 Å². The lowest BCUT2D eigenvalue weighted by atomic mass is 9.97. The van der Waals surface area contributed by atoms with Gasteiger partial charge in [-0.15, -0.1) is 0 Å². The lowest BCUT2D eigenvalue weighted by molar-refractivity contribution is -0.138. The molecule has 100 valence electrons. The Morgan fingerprint density at radius 1 is 1.50 bits per heavy atom. The highest BCUT2D eigenvalue weighted by molar-refractivity contribution is 6.33. The van der Waals surface area contributed by atoms with Gasteiger partial charge >= 0.3 is 5.97 Å². The first-order chi connectivity index (χ1) is 8.47. The number of hydrogen-bond acceptors (Lipinski definition) is 5. The maximum Gasteiger partial charge on any atom is 0.312 e. The number of carboxylic acids is 1. The number of carbonyl (C=O) groups is 1. The number of aromatic hydroxyl groups is 1. The van der Waals surface area contributed by atoms with Gasteiger partial charge < -0.3 is 25.4 Å². The molecule has 1 unspecified atom stereocenters. The van der Waals surface area contributed by atoms with Crippen LogP contribution in [0.2, 0.25) is 5.02 Å². The van der Waals surface area contributed by atoms with Gasteiger partial charge in [0.1, 0.15) is 5.75 Å². The van der Waals surface area contributed by atoms with Crippen molar-refractivity contribution in [3.63, 3.8) is 0 Å². The van der Waals surface area contributed by atoms with Crippen LogP contribution in [0.1, 0.15) is 11.5 Å². The number of halogens is 1. The highest BCUT2D eigenvalue weighted by Crippen LogP contribution is 2.45. The van der Waals surface area contributed by atoms with Crippen LogP contribution in [0.4, 0.5) is 0 Å². The summed E-state index contributed by atoms with van der Waals surface area (Å²) in [5.41, 5.74) is 5.53. The molecule has 0 saturated heterocycles. The lowest BCUT2D eigenvalue weighted by Gasteiger charge is -2.19. The predicted molar refractivity (Wildman–Crippen MR) is 65.7 cm³/mol. The van der Waals surface area contributed by atoms with E-state index < -0.39 is 11.9 Å². The highest BCUT2D eigenvalue weighted by Gasteiger charge is 2.29. The Bertz CT molecular complexity index is 463. The zero-order chi connectivity index (χ0) is 13.9. The van der Waals surface area contributed by atoms with Gasteiger partial charge in [-0.05, 0) is 0 Å². The predicted octanol–water partition coefficient (Wildman–Crippen LogP) is 1.19. The molecule has 7 heteroatoms. The van der Waals surface area contributed by atoms with Crippen LogP contribution in [0.15, 0.2) is 6.07 Å². The SMILES string of the molecule is COc1cc(O)c(Cl)c(C(CN)C(=O)O)c1OC. The average molecular weight is 276 g/mol. The smallest absolute Gasteiger partial charge is 0.312 e. The van der Waals surface area contributed by atoms with E-state index in [0.29, 0.717) is 0 Å². The van der Waals surface area contributed by atoms with Gasteiger partial charge in [-0.25, -0.2) is 0 Å². The molecule has 0 aliphatic heterocycles. The van der Waals surface area contributed by atoms with E-state index in [1.54, 1.807) is 0 Å². The molecular weight excluding hydrogens is 262 g/mol. The molecular formula is C11H14ClNO5. The molecule has 0 spiro atoms. The fourth-order valence-electron chi connectivity index (χ4n) is 1.64. The fourth-order valence-corrected chi connectivity index (χ4v) is 1.91. The molecule has 1 aromatic rings. The van der Waals surface area contributed by atoms with E-state index in [4.69, 9.17) is 31.9 Å². The van der Waals surface area contributed by atoms with Crippen molar-refractivity contribution in [1.29, 1.82) is 0 Å². The van der Waals surface area contributed by atoms with Crippen LogP contribution >= 0.6 is 11.6 Å². The van der Waals surface area contributed by atoms with Gasteiger partial charge in [0, 0.05) is 18.2 Å². The molecule has 0 bridgehead atoms. The van der Waals surface area contributed by atoms with Crippen LogP contribution in [-0.4, -0.2) is 36.9 Å². The molecule has 18 heavy (non-hydrogen) atoms. The molecule has 0 heterocycles. The molecule has 0 aliphatic carbocycles. The summed E-state index contributed by atoms with van der Waals surface area (Å²) >= 11 is 5.92. The van der Waals surface area contributed by atoms with Crippen LogP contribution < -0.4 is 15.2 Å². The minimum Gasteiger partial charge on any atom is -0.506 e. The normalized spacial score (nSPS) is 12.0. The summed E-state index contributed by atoms with van der Waals surface area (Å²) in [6, 6.07) is 1.25. The third-order valence-electron chi connectivity index (χ3n) is 2.50. The van der Waals surface area contributed by atoms with Crippen molar-refractivity contribution in [2.24, 2.45) is 5.73 Å². The monoisotopic (exact) mass is 275 g/mol. The number of rotatable bonds is 5. The van der Waals surface area contributed by atoms with Crippen molar-refractivity contribution < 1.29 is 24.5 Å². The number of nitrogens with two attached hydrogens (primary N) is 1. The second-order valence-corrected chi connectivity index (χ2v) is 3.86. The highest BCUT2D eigenvalue weighted by atomic mass is 35.5. The van der Waals surface area contributed by atoms with Gasteiger partial charge in [-0.2, -0.15) is 0 Å². The number of carboxylic acid groups (broad SMARTS) is 1. The third kappa shape index (κ3) is 2.44. The van der Waals surface area contributed by atoms with Gasteiger partial charge in [0.2, 0.25) is 0 Å². The topological polar surface area (TPSA) is 102 Å². The number of ether oxygens (including phenoxy) is 2. The lowest BCUT2D eigenvalue weighted by Crippen LogP contribution is -2.22. The largest absolute Gasteiger partial charge is 0.506 e.